The van der Waals surface area contributed by atoms with E-state index in [1.54, 1.807) is 24.4 Å². The fraction of sp³-hybridized carbons (Fsp3) is 0.154. The van der Waals surface area contributed by atoms with Crippen LogP contribution in [-0.2, 0) is 9.48 Å². The van der Waals surface area contributed by atoms with Crippen molar-refractivity contribution >= 4 is 29.0 Å². The number of thiazole rings is 1. The summed E-state index contributed by atoms with van der Waals surface area (Å²) in [4.78, 5) is 17.3. The van der Waals surface area contributed by atoms with Crippen molar-refractivity contribution in [2.24, 2.45) is 0 Å². The first-order valence-corrected chi connectivity index (χ1v) is 12.0. The van der Waals surface area contributed by atoms with Crippen molar-refractivity contribution in [2.75, 3.05) is 20.3 Å². The van der Waals surface area contributed by atoms with E-state index >= 15 is 0 Å². The highest BCUT2D eigenvalue weighted by Crippen LogP contribution is 2.53. The molecule has 0 fully saturated rings. The monoisotopic (exact) mass is 460 g/mol. The number of rotatable bonds is 9. The molecule has 0 saturated heterocycles. The molecule has 0 aliphatic carbocycles. The van der Waals surface area contributed by atoms with Gasteiger partial charge in [-0.15, -0.1) is 11.3 Å². The third kappa shape index (κ3) is 4.63. The van der Waals surface area contributed by atoms with Crippen molar-refractivity contribution < 1.29 is 9.53 Å². The zero-order valence-corrected chi connectivity index (χ0v) is 19.4. The summed E-state index contributed by atoms with van der Waals surface area (Å²) in [5, 5.41) is 2.90. The maximum Gasteiger partial charge on any atom is 0.272 e. The van der Waals surface area contributed by atoms with Gasteiger partial charge in [-0.1, -0.05) is 103 Å². The molecule has 0 aliphatic rings. The molecule has 162 valence electrons. The van der Waals surface area contributed by atoms with Crippen LogP contribution in [0.15, 0.2) is 101 Å². The number of amides is 1. The van der Waals surface area contributed by atoms with E-state index in [0.29, 0.717) is 18.8 Å². The molecule has 0 spiro atoms. The van der Waals surface area contributed by atoms with Crippen LogP contribution in [0.3, 0.4) is 0 Å². The minimum absolute atomic E-state index is 0.186. The van der Waals surface area contributed by atoms with Crippen LogP contribution < -0.4 is 5.32 Å². The first-order chi connectivity index (χ1) is 15.8. The van der Waals surface area contributed by atoms with Gasteiger partial charge in [-0.3, -0.25) is 4.79 Å². The fourth-order valence-corrected chi connectivity index (χ4v) is 6.13. The Balaban J connectivity index is 1.85. The molecule has 1 heterocycles. The Kier molecular flexibility index (Phi) is 7.37. The second kappa shape index (κ2) is 10.6. The molecule has 1 N–H and O–H groups in total. The van der Waals surface area contributed by atoms with Crippen molar-refractivity contribution in [3.63, 3.8) is 0 Å². The van der Waals surface area contributed by atoms with E-state index in [4.69, 9.17) is 4.74 Å². The van der Waals surface area contributed by atoms with Gasteiger partial charge in [-0.25, -0.2) is 4.98 Å². The van der Waals surface area contributed by atoms with E-state index in [0.717, 1.165) is 20.9 Å². The summed E-state index contributed by atoms with van der Waals surface area (Å²) in [5.74, 6) is -0.186. The lowest BCUT2D eigenvalue weighted by Gasteiger charge is -2.35. The zero-order valence-electron chi connectivity index (χ0n) is 17.7. The minimum Gasteiger partial charge on any atom is -0.383 e. The Bertz CT molecular complexity index is 1040. The van der Waals surface area contributed by atoms with Gasteiger partial charge >= 0.3 is 0 Å². The highest BCUT2D eigenvalue weighted by molar-refractivity contribution is 8.02. The molecular formula is C26H24N2O2S2. The van der Waals surface area contributed by atoms with Gasteiger partial charge in [0.1, 0.15) is 0 Å². The van der Waals surface area contributed by atoms with Crippen molar-refractivity contribution in [1.82, 2.24) is 10.3 Å². The van der Waals surface area contributed by atoms with Gasteiger partial charge in [0, 0.05) is 13.7 Å². The number of methoxy groups -OCH3 is 1. The van der Waals surface area contributed by atoms with E-state index in [9.17, 15) is 4.79 Å². The molecule has 4 rings (SSSR count). The number of nitrogens with one attached hydrogen (secondary N) is 1. The number of benzene rings is 3. The molecule has 3 aromatic carbocycles. The van der Waals surface area contributed by atoms with Gasteiger partial charge in [-0.2, -0.15) is 0 Å². The minimum atomic E-state index is -0.544. The number of thioether (sulfide) groups is 1. The summed E-state index contributed by atoms with van der Waals surface area (Å²) in [6, 6.07) is 31.3. The Morgan fingerprint density at radius 2 is 1.41 bits per heavy atom. The van der Waals surface area contributed by atoms with Crippen LogP contribution in [0.1, 0.15) is 27.2 Å². The molecule has 32 heavy (non-hydrogen) atoms. The van der Waals surface area contributed by atoms with Crippen molar-refractivity contribution in [1.29, 1.82) is 0 Å². The van der Waals surface area contributed by atoms with Gasteiger partial charge in [-0.05, 0) is 16.7 Å². The Morgan fingerprint density at radius 1 is 0.906 bits per heavy atom. The molecule has 0 bridgehead atoms. The van der Waals surface area contributed by atoms with Gasteiger partial charge in [0.05, 0.1) is 21.1 Å². The number of hydrogen-bond acceptors (Lipinski definition) is 5. The highest BCUT2D eigenvalue weighted by Gasteiger charge is 2.39. The van der Waals surface area contributed by atoms with Crippen LogP contribution in [0.4, 0.5) is 0 Å². The topological polar surface area (TPSA) is 51.2 Å². The predicted molar refractivity (Wildman–Crippen MR) is 131 cm³/mol. The second-order valence-corrected chi connectivity index (χ2v) is 9.46. The number of hydrogen-bond donors (Lipinski definition) is 1. The average Bonchev–Trinajstić information content (AvgIpc) is 3.32. The van der Waals surface area contributed by atoms with Crippen LogP contribution in [-0.4, -0.2) is 31.2 Å². The van der Waals surface area contributed by atoms with E-state index in [1.807, 2.05) is 18.2 Å². The molecule has 4 aromatic rings. The summed E-state index contributed by atoms with van der Waals surface area (Å²) in [5.41, 5.74) is 5.60. The smallest absolute Gasteiger partial charge is 0.272 e. The lowest BCUT2D eigenvalue weighted by molar-refractivity contribution is 0.0930. The lowest BCUT2D eigenvalue weighted by atomic mass is 9.84. The molecule has 0 aliphatic heterocycles. The maximum atomic E-state index is 12.9. The molecule has 0 radical (unpaired) electrons. The molecule has 4 nitrogen and oxygen atoms in total. The number of aromatic nitrogens is 1. The molecule has 0 saturated carbocycles. The summed E-state index contributed by atoms with van der Waals surface area (Å²) in [7, 11) is 1.62. The lowest BCUT2D eigenvalue weighted by Crippen LogP contribution is -2.29. The first-order valence-electron chi connectivity index (χ1n) is 10.3. The van der Waals surface area contributed by atoms with E-state index in [1.165, 1.54) is 11.3 Å². The summed E-state index contributed by atoms with van der Waals surface area (Å²) >= 11 is 3.15. The number of carbonyl (C=O) groups excluding carboxylic acids is 1. The number of nitrogens with zero attached hydrogens (tertiary/aromatic N) is 1. The quantitative estimate of drug-likeness (QED) is 0.201. The standard InChI is InChI=1S/C26H24N2O2S2/c1-30-18-17-27-24(29)23-25(31-19-28-23)32-26(20-11-5-2-6-12-20,21-13-7-3-8-14-21)22-15-9-4-10-16-22/h2-16,19H,17-18H2,1H3,(H,27,29). The van der Waals surface area contributed by atoms with Crippen molar-refractivity contribution in [3.05, 3.63) is 119 Å². The van der Waals surface area contributed by atoms with Crippen LogP contribution in [0.25, 0.3) is 0 Å². The van der Waals surface area contributed by atoms with E-state index in [-0.39, 0.29) is 5.91 Å². The molecular weight excluding hydrogens is 436 g/mol. The van der Waals surface area contributed by atoms with Crippen molar-refractivity contribution in [3.8, 4) is 0 Å². The molecule has 6 heteroatoms. The predicted octanol–water partition coefficient (Wildman–Crippen LogP) is 5.60. The maximum absolute atomic E-state index is 12.9. The third-order valence-corrected chi connectivity index (χ3v) is 7.68. The first kappa shape index (κ1) is 22.3. The zero-order chi connectivity index (χ0) is 22.2. The second-order valence-electron chi connectivity index (χ2n) is 7.12. The summed E-state index contributed by atoms with van der Waals surface area (Å²) in [6.45, 7) is 0.901. The van der Waals surface area contributed by atoms with Gasteiger partial charge in [0.2, 0.25) is 0 Å². The van der Waals surface area contributed by atoms with Gasteiger partial charge in [0.25, 0.3) is 5.91 Å². The largest absolute Gasteiger partial charge is 0.383 e. The van der Waals surface area contributed by atoms with Gasteiger partial charge < -0.3 is 10.1 Å². The van der Waals surface area contributed by atoms with Crippen molar-refractivity contribution in [2.45, 2.75) is 8.96 Å². The molecule has 1 amide bonds. The summed E-state index contributed by atoms with van der Waals surface area (Å²) in [6.07, 6.45) is 0. The van der Waals surface area contributed by atoms with Crippen LogP contribution in [0, 0.1) is 0 Å². The third-order valence-electron chi connectivity index (χ3n) is 5.13. The average molecular weight is 461 g/mol. The fourth-order valence-electron chi connectivity index (χ4n) is 3.64. The highest BCUT2D eigenvalue weighted by atomic mass is 32.2. The normalized spacial score (nSPS) is 11.3. The van der Waals surface area contributed by atoms with Crippen LogP contribution >= 0.6 is 23.1 Å². The molecule has 0 atom stereocenters. The molecule has 1 aromatic heterocycles. The Hall–Kier alpha value is -2.93. The van der Waals surface area contributed by atoms with Crippen LogP contribution in [0.5, 0.6) is 0 Å². The SMILES string of the molecule is COCCNC(=O)c1ncsc1SC(c1ccccc1)(c1ccccc1)c1ccccc1. The number of ether oxygens (including phenoxy) is 1. The van der Waals surface area contributed by atoms with E-state index in [2.05, 4.69) is 83.1 Å². The summed E-state index contributed by atoms with van der Waals surface area (Å²) < 4.78 is 5.38. The number of carbonyl (C=O) groups is 1. The Labute approximate surface area is 196 Å². The van der Waals surface area contributed by atoms with Gasteiger partial charge in [0.15, 0.2) is 5.69 Å². The Morgan fingerprint density at radius 3 is 1.88 bits per heavy atom. The van der Waals surface area contributed by atoms with Crippen LogP contribution in [0.2, 0.25) is 0 Å². The molecule has 0 unspecified atom stereocenters. The van der Waals surface area contributed by atoms with E-state index < -0.39 is 4.75 Å².